The zero-order valence-corrected chi connectivity index (χ0v) is 10.1. The van der Waals surface area contributed by atoms with Gasteiger partial charge in [0.1, 0.15) is 0 Å². The summed E-state index contributed by atoms with van der Waals surface area (Å²) in [7, 11) is 0. The van der Waals surface area contributed by atoms with Crippen molar-refractivity contribution < 1.29 is 0 Å². The average Bonchev–Trinajstić information content (AvgIpc) is 2.24. The molecule has 0 spiro atoms. The molecule has 2 aliphatic rings. The molecule has 1 nitrogen and oxygen atoms in total. The molecule has 86 valence electrons. The van der Waals surface area contributed by atoms with Crippen molar-refractivity contribution in [1.82, 2.24) is 0 Å². The van der Waals surface area contributed by atoms with Gasteiger partial charge in [-0.2, -0.15) is 0 Å². The summed E-state index contributed by atoms with van der Waals surface area (Å²) in [5.74, 6) is 0.973. The number of rotatable bonds is 4. The van der Waals surface area contributed by atoms with Gasteiger partial charge >= 0.3 is 0 Å². The Kier molecular flexibility index (Phi) is 3.50. The van der Waals surface area contributed by atoms with Gasteiger partial charge in [0, 0.05) is 12.0 Å². The Hall–Kier alpha value is -0.300. The second-order valence-corrected chi connectivity index (χ2v) is 5.52. The molecule has 0 aliphatic heterocycles. The van der Waals surface area contributed by atoms with E-state index in [1.54, 1.807) is 5.57 Å². The molecular weight excluding hydrogens is 182 g/mol. The highest BCUT2D eigenvalue weighted by molar-refractivity contribution is 5.21. The quantitative estimate of drug-likeness (QED) is 0.700. The second kappa shape index (κ2) is 4.69. The number of allylic oxidation sites excluding steroid dienone is 1. The molecule has 0 aromatic carbocycles. The Morgan fingerprint density at radius 2 is 2.20 bits per heavy atom. The molecule has 1 saturated carbocycles. The first-order valence-corrected chi connectivity index (χ1v) is 6.70. The van der Waals surface area contributed by atoms with Crippen LogP contribution in [0.2, 0.25) is 0 Å². The second-order valence-electron chi connectivity index (χ2n) is 5.52. The van der Waals surface area contributed by atoms with Crippen LogP contribution in [0.15, 0.2) is 11.6 Å². The molecule has 1 fully saturated rings. The van der Waals surface area contributed by atoms with E-state index in [0.717, 1.165) is 12.5 Å². The van der Waals surface area contributed by atoms with E-state index in [9.17, 15) is 0 Å². The lowest BCUT2D eigenvalue weighted by Crippen LogP contribution is -2.45. The van der Waals surface area contributed by atoms with Crippen molar-refractivity contribution in [2.75, 3.05) is 6.54 Å². The third-order valence-electron chi connectivity index (χ3n) is 4.42. The molecule has 2 N–H and O–H groups in total. The lowest BCUT2D eigenvalue weighted by atomic mass is 9.56. The molecule has 0 saturated heterocycles. The maximum Gasteiger partial charge on any atom is 0.00397 e. The van der Waals surface area contributed by atoms with Crippen LogP contribution in [0.25, 0.3) is 0 Å². The van der Waals surface area contributed by atoms with Crippen LogP contribution >= 0.6 is 0 Å². The first kappa shape index (κ1) is 11.2. The van der Waals surface area contributed by atoms with Crippen LogP contribution < -0.4 is 5.73 Å². The summed E-state index contributed by atoms with van der Waals surface area (Å²) in [6.45, 7) is 3.18. The van der Waals surface area contributed by atoms with Gasteiger partial charge < -0.3 is 5.73 Å². The maximum atomic E-state index is 6.02. The zero-order chi connectivity index (χ0) is 10.7. The van der Waals surface area contributed by atoms with Crippen LogP contribution in [0.3, 0.4) is 0 Å². The van der Waals surface area contributed by atoms with Gasteiger partial charge in [0.25, 0.3) is 0 Å². The molecule has 2 aliphatic carbocycles. The molecule has 15 heavy (non-hydrogen) atoms. The summed E-state index contributed by atoms with van der Waals surface area (Å²) in [5, 5.41) is 0. The third kappa shape index (κ3) is 2.13. The molecular formula is C14H25N. The molecule has 0 radical (unpaired) electrons. The van der Waals surface area contributed by atoms with Gasteiger partial charge in [-0.25, -0.2) is 0 Å². The lowest BCUT2D eigenvalue weighted by Gasteiger charge is -2.50. The van der Waals surface area contributed by atoms with Crippen LogP contribution in [0.5, 0.6) is 0 Å². The van der Waals surface area contributed by atoms with Crippen molar-refractivity contribution >= 4 is 0 Å². The Morgan fingerprint density at radius 3 is 2.73 bits per heavy atom. The van der Waals surface area contributed by atoms with Crippen molar-refractivity contribution in [1.29, 1.82) is 0 Å². The minimum atomic E-state index is 0.445. The standard InChI is InChI=1S/C14H25N/c1-2-6-12-9-14(10-12,11-15)13-7-4-3-5-8-13/h7,12H,2-6,8-11,15H2,1H3. The summed E-state index contributed by atoms with van der Waals surface area (Å²) in [6, 6.07) is 0. The molecule has 0 aromatic rings. The van der Waals surface area contributed by atoms with E-state index in [1.165, 1.54) is 51.4 Å². The van der Waals surface area contributed by atoms with Crippen LogP contribution in [0.1, 0.15) is 58.3 Å². The number of nitrogens with two attached hydrogens (primary N) is 1. The Bertz CT molecular complexity index is 236. The van der Waals surface area contributed by atoms with Crippen LogP contribution in [0.4, 0.5) is 0 Å². The first-order valence-electron chi connectivity index (χ1n) is 6.70. The third-order valence-corrected chi connectivity index (χ3v) is 4.42. The summed E-state index contributed by atoms with van der Waals surface area (Å²) in [6.07, 6.45) is 13.4. The summed E-state index contributed by atoms with van der Waals surface area (Å²) in [4.78, 5) is 0. The van der Waals surface area contributed by atoms with Gasteiger partial charge in [-0.3, -0.25) is 0 Å². The van der Waals surface area contributed by atoms with Crippen molar-refractivity contribution in [2.24, 2.45) is 17.1 Å². The Balaban J connectivity index is 1.96. The number of hydrogen-bond donors (Lipinski definition) is 1. The predicted molar refractivity (Wildman–Crippen MR) is 65.7 cm³/mol. The predicted octanol–water partition coefficient (Wildman–Crippen LogP) is 3.64. The van der Waals surface area contributed by atoms with Gasteiger partial charge in [0.15, 0.2) is 0 Å². The molecule has 0 heterocycles. The molecule has 0 unspecified atom stereocenters. The van der Waals surface area contributed by atoms with E-state index >= 15 is 0 Å². The van der Waals surface area contributed by atoms with E-state index in [4.69, 9.17) is 5.73 Å². The molecule has 0 amide bonds. The van der Waals surface area contributed by atoms with E-state index < -0.39 is 0 Å². The lowest BCUT2D eigenvalue weighted by molar-refractivity contribution is 0.0903. The Morgan fingerprint density at radius 1 is 1.40 bits per heavy atom. The van der Waals surface area contributed by atoms with E-state index in [0.29, 0.717) is 5.41 Å². The fourth-order valence-electron chi connectivity index (χ4n) is 3.54. The summed E-state index contributed by atoms with van der Waals surface area (Å²) < 4.78 is 0. The SMILES string of the molecule is CCCC1CC(CN)(C2=CCCCC2)C1. The van der Waals surface area contributed by atoms with Crippen molar-refractivity contribution in [3.8, 4) is 0 Å². The summed E-state index contributed by atoms with van der Waals surface area (Å²) >= 11 is 0. The smallest absolute Gasteiger partial charge is 0.00397 e. The first-order chi connectivity index (χ1) is 7.30. The average molecular weight is 207 g/mol. The van der Waals surface area contributed by atoms with Crippen molar-refractivity contribution in [2.45, 2.75) is 58.3 Å². The van der Waals surface area contributed by atoms with Crippen LogP contribution in [-0.2, 0) is 0 Å². The highest BCUT2D eigenvalue weighted by Gasteiger charge is 2.44. The Labute approximate surface area is 94.1 Å². The van der Waals surface area contributed by atoms with Gasteiger partial charge in [-0.05, 0) is 44.4 Å². The van der Waals surface area contributed by atoms with E-state index in [-0.39, 0.29) is 0 Å². The maximum absolute atomic E-state index is 6.02. The zero-order valence-electron chi connectivity index (χ0n) is 10.1. The van der Waals surface area contributed by atoms with Gasteiger partial charge in [0.05, 0.1) is 0 Å². The normalized spacial score (nSPS) is 35.9. The van der Waals surface area contributed by atoms with Crippen molar-refractivity contribution in [3.63, 3.8) is 0 Å². The van der Waals surface area contributed by atoms with Gasteiger partial charge in [0.2, 0.25) is 0 Å². The largest absolute Gasteiger partial charge is 0.330 e. The highest BCUT2D eigenvalue weighted by atomic mass is 14.6. The molecule has 0 atom stereocenters. The van der Waals surface area contributed by atoms with Crippen LogP contribution in [0, 0.1) is 11.3 Å². The highest BCUT2D eigenvalue weighted by Crippen LogP contribution is 2.53. The minimum Gasteiger partial charge on any atom is -0.330 e. The molecule has 2 rings (SSSR count). The molecule has 1 heteroatoms. The number of hydrogen-bond acceptors (Lipinski definition) is 1. The van der Waals surface area contributed by atoms with Crippen molar-refractivity contribution in [3.05, 3.63) is 11.6 Å². The molecule has 0 bridgehead atoms. The fraction of sp³-hybridized carbons (Fsp3) is 0.857. The minimum absolute atomic E-state index is 0.445. The van der Waals surface area contributed by atoms with E-state index in [2.05, 4.69) is 13.0 Å². The van der Waals surface area contributed by atoms with E-state index in [1.807, 2.05) is 0 Å². The topological polar surface area (TPSA) is 26.0 Å². The molecule has 0 aromatic heterocycles. The monoisotopic (exact) mass is 207 g/mol. The van der Waals surface area contributed by atoms with Gasteiger partial charge in [-0.15, -0.1) is 0 Å². The van der Waals surface area contributed by atoms with Crippen LogP contribution in [-0.4, -0.2) is 6.54 Å². The van der Waals surface area contributed by atoms with Gasteiger partial charge in [-0.1, -0.05) is 31.4 Å². The summed E-state index contributed by atoms with van der Waals surface area (Å²) in [5.41, 5.74) is 8.17. The fourth-order valence-corrected chi connectivity index (χ4v) is 3.54.